The summed E-state index contributed by atoms with van der Waals surface area (Å²) in [5, 5.41) is 11.6. The summed E-state index contributed by atoms with van der Waals surface area (Å²) in [7, 11) is 1.96. The first-order valence-electron chi connectivity index (χ1n) is 6.11. The number of anilines is 1. The fourth-order valence-electron chi connectivity index (χ4n) is 2.80. The molecule has 0 aliphatic carbocycles. The molecule has 0 radical (unpaired) electrons. The highest BCUT2D eigenvalue weighted by atomic mass is 16.4. The van der Waals surface area contributed by atoms with Gasteiger partial charge in [0.1, 0.15) is 0 Å². The summed E-state index contributed by atoms with van der Waals surface area (Å²) < 4.78 is 0. The maximum Gasteiger partial charge on any atom is 0.308 e. The van der Waals surface area contributed by atoms with Crippen molar-refractivity contribution < 1.29 is 9.90 Å². The van der Waals surface area contributed by atoms with Gasteiger partial charge in [0.2, 0.25) is 0 Å². The van der Waals surface area contributed by atoms with Gasteiger partial charge in [0.05, 0.1) is 5.92 Å². The molecule has 2 aromatic carbocycles. The number of carboxylic acids is 1. The third-order valence-electron chi connectivity index (χ3n) is 3.72. The Morgan fingerprint density at radius 1 is 1.28 bits per heavy atom. The summed E-state index contributed by atoms with van der Waals surface area (Å²) in [5.41, 5.74) is 2.32. The van der Waals surface area contributed by atoms with Crippen LogP contribution in [0.25, 0.3) is 10.8 Å². The van der Waals surface area contributed by atoms with Gasteiger partial charge in [-0.05, 0) is 28.8 Å². The van der Waals surface area contributed by atoms with Crippen LogP contribution in [0.15, 0.2) is 36.4 Å². The Hall–Kier alpha value is -2.03. The topological polar surface area (TPSA) is 40.5 Å². The first-order chi connectivity index (χ1) is 8.66. The molecule has 1 heterocycles. The van der Waals surface area contributed by atoms with Gasteiger partial charge < -0.3 is 10.0 Å². The van der Waals surface area contributed by atoms with Crippen molar-refractivity contribution in [3.63, 3.8) is 0 Å². The van der Waals surface area contributed by atoms with E-state index in [-0.39, 0.29) is 5.92 Å². The zero-order valence-corrected chi connectivity index (χ0v) is 10.3. The minimum absolute atomic E-state index is 0.312. The number of hydrogen-bond acceptors (Lipinski definition) is 2. The molecule has 0 bridgehead atoms. The number of aliphatic carboxylic acids is 1. The molecule has 0 aromatic heterocycles. The van der Waals surface area contributed by atoms with Crippen LogP contribution in [0, 0.1) is 5.92 Å². The zero-order chi connectivity index (χ0) is 12.7. The lowest BCUT2D eigenvalue weighted by atomic mass is 9.89. The summed E-state index contributed by atoms with van der Waals surface area (Å²) >= 11 is 0. The van der Waals surface area contributed by atoms with E-state index in [2.05, 4.69) is 24.3 Å². The predicted molar refractivity (Wildman–Crippen MR) is 72.0 cm³/mol. The molecule has 1 atom stereocenters. The summed E-state index contributed by atoms with van der Waals surface area (Å²) in [6.45, 7) is 0.584. The second kappa shape index (κ2) is 4.02. The van der Waals surface area contributed by atoms with E-state index in [0.717, 1.165) is 11.3 Å². The number of benzene rings is 2. The maximum atomic E-state index is 11.2. The largest absolute Gasteiger partial charge is 0.481 e. The molecule has 0 saturated carbocycles. The molecule has 0 fully saturated rings. The Morgan fingerprint density at radius 3 is 2.83 bits per heavy atom. The molecule has 2 aromatic rings. The van der Waals surface area contributed by atoms with E-state index in [1.54, 1.807) is 0 Å². The molecule has 3 heteroatoms. The van der Waals surface area contributed by atoms with Crippen LogP contribution < -0.4 is 4.90 Å². The Kier molecular flexibility index (Phi) is 2.47. The molecule has 1 aliphatic heterocycles. The minimum atomic E-state index is -0.708. The van der Waals surface area contributed by atoms with Crippen molar-refractivity contribution in [3.05, 3.63) is 42.0 Å². The molecule has 1 aliphatic rings. The van der Waals surface area contributed by atoms with Gasteiger partial charge in [-0.15, -0.1) is 0 Å². The van der Waals surface area contributed by atoms with Crippen molar-refractivity contribution in [1.82, 2.24) is 0 Å². The van der Waals surface area contributed by atoms with Crippen LogP contribution >= 0.6 is 0 Å². The molecule has 0 saturated heterocycles. The monoisotopic (exact) mass is 241 g/mol. The number of hydrogen-bond donors (Lipinski definition) is 1. The molecule has 18 heavy (non-hydrogen) atoms. The lowest BCUT2D eigenvalue weighted by Gasteiger charge is -2.32. The molecule has 1 N–H and O–H groups in total. The summed E-state index contributed by atoms with van der Waals surface area (Å²) in [6, 6.07) is 12.4. The van der Waals surface area contributed by atoms with Crippen LogP contribution in [0.3, 0.4) is 0 Å². The Labute approximate surface area is 106 Å². The van der Waals surface area contributed by atoms with Crippen molar-refractivity contribution in [1.29, 1.82) is 0 Å². The number of carboxylic acid groups (broad SMARTS) is 1. The molecule has 0 spiro atoms. The Morgan fingerprint density at radius 2 is 2.06 bits per heavy atom. The maximum absolute atomic E-state index is 11.2. The van der Waals surface area contributed by atoms with Crippen LogP contribution in [0.1, 0.15) is 5.56 Å². The number of rotatable bonds is 1. The quantitative estimate of drug-likeness (QED) is 0.834. The van der Waals surface area contributed by atoms with E-state index in [4.69, 9.17) is 0 Å². The zero-order valence-electron chi connectivity index (χ0n) is 10.3. The summed E-state index contributed by atoms with van der Waals surface area (Å²) in [5.74, 6) is -1.02. The highest BCUT2D eigenvalue weighted by Gasteiger charge is 2.28. The third kappa shape index (κ3) is 1.63. The van der Waals surface area contributed by atoms with Gasteiger partial charge in [-0.2, -0.15) is 0 Å². The molecular formula is C15H15NO2. The highest BCUT2D eigenvalue weighted by Crippen LogP contribution is 2.34. The van der Waals surface area contributed by atoms with Crippen molar-refractivity contribution in [2.24, 2.45) is 5.92 Å². The smallest absolute Gasteiger partial charge is 0.308 e. The van der Waals surface area contributed by atoms with E-state index in [9.17, 15) is 9.90 Å². The second-order valence-electron chi connectivity index (χ2n) is 4.90. The lowest BCUT2D eigenvalue weighted by Crippen LogP contribution is -2.36. The van der Waals surface area contributed by atoms with Crippen LogP contribution in [0.5, 0.6) is 0 Å². The van der Waals surface area contributed by atoms with Gasteiger partial charge in [-0.25, -0.2) is 0 Å². The van der Waals surface area contributed by atoms with Crippen LogP contribution in [0.2, 0.25) is 0 Å². The van der Waals surface area contributed by atoms with Crippen LogP contribution in [-0.2, 0) is 11.2 Å². The van der Waals surface area contributed by atoms with Crippen LogP contribution in [0.4, 0.5) is 5.69 Å². The lowest BCUT2D eigenvalue weighted by molar-refractivity contribution is -0.141. The normalized spacial score (nSPS) is 18.7. The molecule has 0 amide bonds. The average molecular weight is 241 g/mol. The summed E-state index contributed by atoms with van der Waals surface area (Å²) in [6.07, 6.45) is 0.621. The third-order valence-corrected chi connectivity index (χ3v) is 3.72. The standard InChI is InChI=1S/C15H15NO2/c1-16-9-11(15(17)18)8-13-12-5-3-2-4-10(12)6-7-14(13)16/h2-7,11H,8-9H2,1H3,(H,17,18)/t11-/m0/s1. The number of nitrogens with zero attached hydrogens (tertiary/aromatic N) is 1. The van der Waals surface area contributed by atoms with Crippen molar-refractivity contribution >= 4 is 22.4 Å². The molecular weight excluding hydrogens is 226 g/mol. The van der Waals surface area contributed by atoms with Gasteiger partial charge in [-0.3, -0.25) is 4.79 Å². The molecule has 3 nitrogen and oxygen atoms in total. The molecule has 0 unspecified atom stereocenters. The van der Waals surface area contributed by atoms with Crippen molar-refractivity contribution in [2.75, 3.05) is 18.5 Å². The number of carbonyl (C=O) groups is 1. The second-order valence-corrected chi connectivity index (χ2v) is 4.90. The fraction of sp³-hybridized carbons (Fsp3) is 0.267. The molecule has 92 valence electrons. The van der Waals surface area contributed by atoms with Gasteiger partial charge in [0.25, 0.3) is 0 Å². The predicted octanol–water partition coefficient (Wildman–Crippen LogP) is 2.53. The van der Waals surface area contributed by atoms with Crippen molar-refractivity contribution in [2.45, 2.75) is 6.42 Å². The van der Waals surface area contributed by atoms with Gasteiger partial charge in [-0.1, -0.05) is 30.3 Å². The van der Waals surface area contributed by atoms with E-state index in [1.807, 2.05) is 24.1 Å². The first-order valence-corrected chi connectivity index (χ1v) is 6.11. The first kappa shape index (κ1) is 11.1. The van der Waals surface area contributed by atoms with E-state index < -0.39 is 5.97 Å². The SMILES string of the molecule is CN1C[C@@H](C(=O)O)Cc2c1ccc1ccccc21. The van der Waals surface area contributed by atoms with E-state index in [0.29, 0.717) is 13.0 Å². The summed E-state index contributed by atoms with van der Waals surface area (Å²) in [4.78, 5) is 13.3. The van der Waals surface area contributed by atoms with Gasteiger partial charge in [0.15, 0.2) is 0 Å². The fourth-order valence-corrected chi connectivity index (χ4v) is 2.80. The number of fused-ring (bicyclic) bond motifs is 3. The Bertz CT molecular complexity index is 621. The van der Waals surface area contributed by atoms with Gasteiger partial charge >= 0.3 is 5.97 Å². The highest BCUT2D eigenvalue weighted by molar-refractivity contribution is 5.91. The molecule has 3 rings (SSSR count). The van der Waals surface area contributed by atoms with Crippen LogP contribution in [-0.4, -0.2) is 24.7 Å². The minimum Gasteiger partial charge on any atom is -0.481 e. The van der Waals surface area contributed by atoms with Gasteiger partial charge in [0, 0.05) is 19.3 Å². The van der Waals surface area contributed by atoms with E-state index in [1.165, 1.54) is 10.8 Å². The average Bonchev–Trinajstić information content (AvgIpc) is 2.38. The van der Waals surface area contributed by atoms with Crippen molar-refractivity contribution in [3.8, 4) is 0 Å². The Balaban J connectivity index is 2.20. The van der Waals surface area contributed by atoms with E-state index >= 15 is 0 Å².